The molecule has 1 aromatic heterocycles. The Morgan fingerprint density at radius 2 is 2.26 bits per heavy atom. The van der Waals surface area contributed by atoms with Crippen LogP contribution in [0.5, 0.6) is 0 Å². The van der Waals surface area contributed by atoms with Gasteiger partial charge in [-0.2, -0.15) is 5.10 Å². The highest BCUT2D eigenvalue weighted by Gasteiger charge is 2.17. The zero-order valence-electron chi connectivity index (χ0n) is 11.2. The molecule has 2 rings (SSSR count). The highest BCUT2D eigenvalue weighted by atomic mass is 79.9. The largest absolute Gasteiger partial charge is 0.275 e. The van der Waals surface area contributed by atoms with Gasteiger partial charge in [-0.3, -0.25) is 16.0 Å². The van der Waals surface area contributed by atoms with E-state index in [1.165, 1.54) is 11.1 Å². The number of aryl methyl sites for hydroxylation is 2. The van der Waals surface area contributed by atoms with Gasteiger partial charge in [0.15, 0.2) is 0 Å². The molecule has 0 aliphatic rings. The van der Waals surface area contributed by atoms with E-state index in [0.717, 1.165) is 23.0 Å². The SMILES string of the molecule is CCc1nn(C)cc1C(Cc1cccc(Br)c1)NN. The Kier molecular flexibility index (Phi) is 4.74. The fourth-order valence-electron chi connectivity index (χ4n) is 2.28. The molecule has 19 heavy (non-hydrogen) atoms. The van der Waals surface area contributed by atoms with Gasteiger partial charge in [-0.05, 0) is 30.5 Å². The van der Waals surface area contributed by atoms with Crippen molar-refractivity contribution in [2.24, 2.45) is 12.9 Å². The van der Waals surface area contributed by atoms with E-state index in [-0.39, 0.29) is 6.04 Å². The summed E-state index contributed by atoms with van der Waals surface area (Å²) in [5.74, 6) is 5.72. The van der Waals surface area contributed by atoms with Crippen LogP contribution >= 0.6 is 15.9 Å². The van der Waals surface area contributed by atoms with Crippen molar-refractivity contribution in [2.75, 3.05) is 0 Å². The van der Waals surface area contributed by atoms with Crippen LogP contribution in [0.4, 0.5) is 0 Å². The van der Waals surface area contributed by atoms with Crippen molar-refractivity contribution < 1.29 is 0 Å². The third-order valence-electron chi connectivity index (χ3n) is 3.18. The molecule has 0 saturated heterocycles. The Morgan fingerprint density at radius 3 is 2.89 bits per heavy atom. The Bertz CT molecular complexity index is 550. The molecule has 0 aliphatic heterocycles. The van der Waals surface area contributed by atoms with Crippen LogP contribution in [0.25, 0.3) is 0 Å². The van der Waals surface area contributed by atoms with E-state index in [2.05, 4.69) is 45.5 Å². The standard InChI is InChI=1S/C14H19BrN4/c1-3-13-12(9-19(2)18-13)14(17-16)8-10-5-4-6-11(15)7-10/h4-7,9,14,17H,3,8,16H2,1-2H3. The van der Waals surface area contributed by atoms with Gasteiger partial charge in [-0.25, -0.2) is 0 Å². The molecular formula is C14H19BrN4. The van der Waals surface area contributed by atoms with Gasteiger partial charge in [0.25, 0.3) is 0 Å². The lowest BCUT2D eigenvalue weighted by atomic mass is 9.99. The molecule has 0 saturated carbocycles. The van der Waals surface area contributed by atoms with Gasteiger partial charge in [0, 0.05) is 23.3 Å². The number of benzene rings is 1. The van der Waals surface area contributed by atoms with Crippen LogP contribution in [0.3, 0.4) is 0 Å². The van der Waals surface area contributed by atoms with Crippen LogP contribution in [0.1, 0.15) is 29.8 Å². The fourth-order valence-corrected chi connectivity index (χ4v) is 2.72. The molecule has 2 aromatic rings. The second kappa shape index (κ2) is 6.32. The summed E-state index contributed by atoms with van der Waals surface area (Å²) in [5, 5.41) is 4.47. The van der Waals surface area contributed by atoms with Crippen molar-refractivity contribution in [1.82, 2.24) is 15.2 Å². The molecule has 5 heteroatoms. The summed E-state index contributed by atoms with van der Waals surface area (Å²) >= 11 is 3.49. The van der Waals surface area contributed by atoms with E-state index in [1.54, 1.807) is 0 Å². The van der Waals surface area contributed by atoms with Crippen LogP contribution in [-0.4, -0.2) is 9.78 Å². The summed E-state index contributed by atoms with van der Waals surface area (Å²) in [6, 6.07) is 8.37. The summed E-state index contributed by atoms with van der Waals surface area (Å²) < 4.78 is 2.93. The van der Waals surface area contributed by atoms with Gasteiger partial charge in [-0.15, -0.1) is 0 Å². The highest BCUT2D eigenvalue weighted by molar-refractivity contribution is 9.10. The lowest BCUT2D eigenvalue weighted by molar-refractivity contribution is 0.547. The number of rotatable bonds is 5. The Labute approximate surface area is 122 Å². The average Bonchev–Trinajstić information content (AvgIpc) is 2.77. The topological polar surface area (TPSA) is 55.9 Å². The first kappa shape index (κ1) is 14.2. The first-order chi connectivity index (χ1) is 9.13. The summed E-state index contributed by atoms with van der Waals surface area (Å²) in [4.78, 5) is 0. The molecule has 1 heterocycles. The maximum atomic E-state index is 5.72. The predicted octanol–water partition coefficient (Wildman–Crippen LogP) is 2.49. The molecule has 0 radical (unpaired) electrons. The number of aromatic nitrogens is 2. The minimum Gasteiger partial charge on any atom is -0.275 e. The van der Waals surface area contributed by atoms with Crippen molar-refractivity contribution in [3.8, 4) is 0 Å². The molecule has 3 N–H and O–H groups in total. The molecule has 1 aromatic carbocycles. The van der Waals surface area contributed by atoms with Crippen LogP contribution < -0.4 is 11.3 Å². The van der Waals surface area contributed by atoms with Crippen molar-refractivity contribution in [2.45, 2.75) is 25.8 Å². The van der Waals surface area contributed by atoms with Crippen LogP contribution in [0.2, 0.25) is 0 Å². The molecular weight excluding hydrogens is 304 g/mol. The first-order valence-electron chi connectivity index (χ1n) is 6.37. The van der Waals surface area contributed by atoms with E-state index >= 15 is 0 Å². The van der Waals surface area contributed by atoms with Gasteiger partial charge in [0.05, 0.1) is 11.7 Å². The van der Waals surface area contributed by atoms with Gasteiger partial charge >= 0.3 is 0 Å². The van der Waals surface area contributed by atoms with E-state index in [9.17, 15) is 0 Å². The normalized spacial score (nSPS) is 12.6. The zero-order valence-corrected chi connectivity index (χ0v) is 12.8. The number of nitrogens with one attached hydrogen (secondary N) is 1. The van der Waals surface area contributed by atoms with Crippen molar-refractivity contribution in [3.05, 3.63) is 51.8 Å². The third kappa shape index (κ3) is 3.43. The van der Waals surface area contributed by atoms with E-state index in [4.69, 9.17) is 5.84 Å². The molecule has 0 bridgehead atoms. The van der Waals surface area contributed by atoms with Crippen molar-refractivity contribution >= 4 is 15.9 Å². The minimum absolute atomic E-state index is 0.0814. The van der Waals surface area contributed by atoms with E-state index in [1.807, 2.05) is 30.1 Å². The molecule has 0 aliphatic carbocycles. The lowest BCUT2D eigenvalue weighted by Crippen LogP contribution is -2.30. The Balaban J connectivity index is 2.24. The summed E-state index contributed by atoms with van der Waals surface area (Å²) in [6.45, 7) is 2.11. The summed E-state index contributed by atoms with van der Waals surface area (Å²) in [7, 11) is 1.94. The quantitative estimate of drug-likeness (QED) is 0.657. The van der Waals surface area contributed by atoms with Gasteiger partial charge in [-0.1, -0.05) is 35.0 Å². The highest BCUT2D eigenvalue weighted by Crippen LogP contribution is 2.22. The first-order valence-corrected chi connectivity index (χ1v) is 7.16. The van der Waals surface area contributed by atoms with Crippen molar-refractivity contribution in [3.63, 3.8) is 0 Å². The van der Waals surface area contributed by atoms with E-state index < -0.39 is 0 Å². The average molecular weight is 323 g/mol. The Hall–Kier alpha value is -1.17. The number of nitrogens with zero attached hydrogens (tertiary/aromatic N) is 2. The van der Waals surface area contributed by atoms with Crippen molar-refractivity contribution in [1.29, 1.82) is 0 Å². The van der Waals surface area contributed by atoms with Crippen LogP contribution in [-0.2, 0) is 19.9 Å². The second-order valence-corrected chi connectivity index (χ2v) is 5.53. The number of nitrogens with two attached hydrogens (primary N) is 1. The van der Waals surface area contributed by atoms with Gasteiger partial charge in [0.2, 0.25) is 0 Å². The molecule has 4 nitrogen and oxygen atoms in total. The summed E-state index contributed by atoms with van der Waals surface area (Å²) in [5.41, 5.74) is 6.42. The van der Waals surface area contributed by atoms with Crippen LogP contribution in [0.15, 0.2) is 34.9 Å². The minimum atomic E-state index is 0.0814. The molecule has 102 valence electrons. The van der Waals surface area contributed by atoms with Gasteiger partial charge < -0.3 is 0 Å². The summed E-state index contributed by atoms with van der Waals surface area (Å²) in [6.07, 6.45) is 3.79. The maximum Gasteiger partial charge on any atom is 0.0670 e. The van der Waals surface area contributed by atoms with E-state index in [0.29, 0.717) is 0 Å². The second-order valence-electron chi connectivity index (χ2n) is 4.61. The number of hydrazine groups is 1. The maximum absolute atomic E-state index is 5.72. The predicted molar refractivity (Wildman–Crippen MR) is 80.5 cm³/mol. The number of hydrogen-bond acceptors (Lipinski definition) is 3. The van der Waals surface area contributed by atoms with Gasteiger partial charge in [0.1, 0.15) is 0 Å². The monoisotopic (exact) mass is 322 g/mol. The molecule has 1 atom stereocenters. The number of hydrogen-bond donors (Lipinski definition) is 2. The smallest absolute Gasteiger partial charge is 0.0670 e. The lowest BCUT2D eigenvalue weighted by Gasteiger charge is -2.16. The number of halogens is 1. The Morgan fingerprint density at radius 1 is 1.47 bits per heavy atom. The molecule has 0 spiro atoms. The fraction of sp³-hybridized carbons (Fsp3) is 0.357. The molecule has 1 unspecified atom stereocenters. The van der Waals surface area contributed by atoms with Crippen LogP contribution in [0, 0.1) is 0 Å². The molecule has 0 amide bonds. The third-order valence-corrected chi connectivity index (χ3v) is 3.67. The zero-order chi connectivity index (χ0) is 13.8. The molecule has 0 fully saturated rings.